The molecule has 0 aliphatic carbocycles. The molecule has 5 heteroatoms. The van der Waals surface area contributed by atoms with E-state index >= 15 is 0 Å². The van der Waals surface area contributed by atoms with Crippen LogP contribution in [0, 0.1) is 0 Å². The number of hydrogen-bond donors (Lipinski definition) is 1. The van der Waals surface area contributed by atoms with E-state index in [4.69, 9.17) is 16.3 Å². The van der Waals surface area contributed by atoms with Crippen LogP contribution in [0.2, 0.25) is 5.02 Å². The number of carbonyl (C=O) groups is 1. The molecule has 0 amide bonds. The first-order valence-corrected chi connectivity index (χ1v) is 7.42. The zero-order valence-electron chi connectivity index (χ0n) is 11.1. The number of fused-ring (bicyclic) bond motifs is 1. The highest BCUT2D eigenvalue weighted by atomic mass is 79.9. The van der Waals surface area contributed by atoms with Gasteiger partial charge >= 0.3 is 0 Å². The van der Waals surface area contributed by atoms with Crippen LogP contribution in [-0.4, -0.2) is 17.9 Å². The van der Waals surface area contributed by atoms with E-state index in [9.17, 15) is 4.79 Å². The van der Waals surface area contributed by atoms with Crippen molar-refractivity contribution in [1.82, 2.24) is 4.98 Å². The fourth-order valence-corrected chi connectivity index (χ4v) is 2.79. The molecule has 3 rings (SSSR count). The van der Waals surface area contributed by atoms with Gasteiger partial charge in [-0.15, -0.1) is 0 Å². The SMILES string of the molecule is COc1cccc2[nH]cc(C(=O)c3ccc(Cl)c(Br)c3)c12. The third-order valence-electron chi connectivity index (χ3n) is 3.31. The van der Waals surface area contributed by atoms with Crippen molar-refractivity contribution >= 4 is 44.2 Å². The van der Waals surface area contributed by atoms with Crippen molar-refractivity contribution in [1.29, 1.82) is 0 Å². The number of hydrogen-bond acceptors (Lipinski definition) is 2. The predicted octanol–water partition coefficient (Wildman–Crippen LogP) is 4.82. The Morgan fingerprint density at radius 3 is 2.81 bits per heavy atom. The van der Waals surface area contributed by atoms with E-state index in [1.807, 2.05) is 18.2 Å². The van der Waals surface area contributed by atoms with Crippen LogP contribution in [0.25, 0.3) is 10.9 Å². The number of aromatic amines is 1. The molecule has 0 radical (unpaired) electrons. The van der Waals surface area contributed by atoms with E-state index < -0.39 is 0 Å². The molecule has 2 aromatic carbocycles. The Bertz CT molecular complexity index is 841. The molecule has 0 bridgehead atoms. The lowest BCUT2D eigenvalue weighted by molar-refractivity contribution is 0.104. The Balaban J connectivity index is 2.15. The van der Waals surface area contributed by atoms with Crippen LogP contribution in [0.3, 0.4) is 0 Å². The zero-order chi connectivity index (χ0) is 15.0. The smallest absolute Gasteiger partial charge is 0.195 e. The summed E-state index contributed by atoms with van der Waals surface area (Å²) in [4.78, 5) is 15.8. The summed E-state index contributed by atoms with van der Waals surface area (Å²) in [5, 5.41) is 1.36. The summed E-state index contributed by atoms with van der Waals surface area (Å²) in [6.07, 6.45) is 1.71. The first kappa shape index (κ1) is 14.2. The highest BCUT2D eigenvalue weighted by Crippen LogP contribution is 2.31. The average molecular weight is 365 g/mol. The lowest BCUT2D eigenvalue weighted by Gasteiger charge is -2.05. The molecular weight excluding hydrogens is 354 g/mol. The maximum absolute atomic E-state index is 12.7. The Hall–Kier alpha value is -1.78. The Labute approximate surface area is 135 Å². The van der Waals surface area contributed by atoms with Gasteiger partial charge in [-0.1, -0.05) is 17.7 Å². The van der Waals surface area contributed by atoms with Crippen LogP contribution in [0.15, 0.2) is 47.1 Å². The van der Waals surface area contributed by atoms with Crippen molar-refractivity contribution < 1.29 is 9.53 Å². The molecule has 1 heterocycles. The number of nitrogens with one attached hydrogen (secondary N) is 1. The zero-order valence-corrected chi connectivity index (χ0v) is 13.5. The molecule has 3 aromatic rings. The summed E-state index contributed by atoms with van der Waals surface area (Å²) >= 11 is 9.31. The molecule has 0 spiro atoms. The minimum atomic E-state index is -0.0804. The molecule has 106 valence electrons. The Kier molecular flexibility index (Phi) is 3.74. The number of H-pyrrole nitrogens is 1. The van der Waals surface area contributed by atoms with E-state index in [-0.39, 0.29) is 5.78 Å². The first-order chi connectivity index (χ1) is 10.1. The number of ether oxygens (including phenoxy) is 1. The summed E-state index contributed by atoms with van der Waals surface area (Å²) < 4.78 is 6.05. The molecule has 0 aliphatic heterocycles. The Morgan fingerprint density at radius 2 is 2.10 bits per heavy atom. The fourth-order valence-electron chi connectivity index (χ4n) is 2.29. The molecule has 0 unspecified atom stereocenters. The van der Waals surface area contributed by atoms with Crippen molar-refractivity contribution in [3.05, 3.63) is 63.2 Å². The van der Waals surface area contributed by atoms with Crippen molar-refractivity contribution in [3.63, 3.8) is 0 Å². The van der Waals surface area contributed by atoms with Crippen LogP contribution in [0.5, 0.6) is 5.75 Å². The molecule has 1 aromatic heterocycles. The number of aromatic nitrogens is 1. The molecule has 0 aliphatic rings. The average Bonchev–Trinajstić information content (AvgIpc) is 2.93. The van der Waals surface area contributed by atoms with Gasteiger partial charge in [0.05, 0.1) is 23.1 Å². The van der Waals surface area contributed by atoms with Gasteiger partial charge in [-0.2, -0.15) is 0 Å². The van der Waals surface area contributed by atoms with Crippen molar-refractivity contribution in [3.8, 4) is 5.75 Å². The summed E-state index contributed by atoms with van der Waals surface area (Å²) in [7, 11) is 1.59. The van der Waals surface area contributed by atoms with Crippen LogP contribution in [0.4, 0.5) is 0 Å². The van der Waals surface area contributed by atoms with E-state index in [0.717, 1.165) is 10.9 Å². The highest BCUT2D eigenvalue weighted by molar-refractivity contribution is 9.10. The second-order valence-electron chi connectivity index (χ2n) is 4.54. The van der Waals surface area contributed by atoms with Gasteiger partial charge in [0.1, 0.15) is 5.75 Å². The lowest BCUT2D eigenvalue weighted by atomic mass is 10.0. The van der Waals surface area contributed by atoms with E-state index in [1.165, 1.54) is 0 Å². The van der Waals surface area contributed by atoms with Gasteiger partial charge in [-0.3, -0.25) is 4.79 Å². The quantitative estimate of drug-likeness (QED) is 0.677. The number of methoxy groups -OCH3 is 1. The number of carbonyl (C=O) groups excluding carboxylic acids is 1. The molecule has 21 heavy (non-hydrogen) atoms. The third-order valence-corrected chi connectivity index (χ3v) is 4.53. The van der Waals surface area contributed by atoms with Crippen LogP contribution >= 0.6 is 27.5 Å². The van der Waals surface area contributed by atoms with Gasteiger partial charge in [0.25, 0.3) is 0 Å². The number of ketones is 1. The minimum Gasteiger partial charge on any atom is -0.496 e. The summed E-state index contributed by atoms with van der Waals surface area (Å²) in [5.74, 6) is 0.591. The largest absolute Gasteiger partial charge is 0.496 e. The van der Waals surface area contributed by atoms with Crippen molar-refractivity contribution in [2.45, 2.75) is 0 Å². The van der Waals surface area contributed by atoms with Crippen molar-refractivity contribution in [2.24, 2.45) is 0 Å². The highest BCUT2D eigenvalue weighted by Gasteiger charge is 2.17. The molecule has 1 N–H and O–H groups in total. The Morgan fingerprint density at radius 1 is 1.29 bits per heavy atom. The third kappa shape index (κ3) is 2.45. The number of halogens is 2. The molecule has 0 fully saturated rings. The molecule has 0 atom stereocenters. The summed E-state index contributed by atoms with van der Waals surface area (Å²) in [6.45, 7) is 0. The molecule has 3 nitrogen and oxygen atoms in total. The van der Waals surface area contributed by atoms with Gasteiger partial charge in [-0.05, 0) is 46.3 Å². The van der Waals surface area contributed by atoms with Gasteiger partial charge in [0.2, 0.25) is 0 Å². The normalized spacial score (nSPS) is 10.8. The molecule has 0 saturated heterocycles. The van der Waals surface area contributed by atoms with E-state index in [2.05, 4.69) is 20.9 Å². The van der Waals surface area contributed by atoms with E-state index in [0.29, 0.717) is 26.4 Å². The second-order valence-corrected chi connectivity index (χ2v) is 5.80. The van der Waals surface area contributed by atoms with Crippen LogP contribution in [-0.2, 0) is 0 Å². The first-order valence-electron chi connectivity index (χ1n) is 6.25. The summed E-state index contributed by atoms with van der Waals surface area (Å²) in [6, 6.07) is 10.8. The van der Waals surface area contributed by atoms with Crippen LogP contribution < -0.4 is 4.74 Å². The molecule has 0 saturated carbocycles. The van der Waals surface area contributed by atoms with Gasteiger partial charge < -0.3 is 9.72 Å². The second kappa shape index (κ2) is 5.54. The standard InChI is InChI=1S/C16H11BrClNO2/c1-21-14-4-2-3-13-15(14)10(8-19-13)16(20)9-5-6-12(18)11(17)7-9/h2-8,19H,1H3. The van der Waals surface area contributed by atoms with Gasteiger partial charge in [0, 0.05) is 21.7 Å². The van der Waals surface area contributed by atoms with E-state index in [1.54, 1.807) is 31.5 Å². The molecular formula is C16H11BrClNO2. The maximum Gasteiger partial charge on any atom is 0.195 e. The minimum absolute atomic E-state index is 0.0804. The monoisotopic (exact) mass is 363 g/mol. The lowest BCUT2D eigenvalue weighted by Crippen LogP contribution is -2.01. The van der Waals surface area contributed by atoms with Crippen LogP contribution in [0.1, 0.15) is 15.9 Å². The van der Waals surface area contributed by atoms with Crippen molar-refractivity contribution in [2.75, 3.05) is 7.11 Å². The van der Waals surface area contributed by atoms with Gasteiger partial charge in [0.15, 0.2) is 5.78 Å². The number of benzene rings is 2. The fraction of sp³-hybridized carbons (Fsp3) is 0.0625. The van der Waals surface area contributed by atoms with Gasteiger partial charge in [-0.25, -0.2) is 0 Å². The summed E-state index contributed by atoms with van der Waals surface area (Å²) in [5.41, 5.74) is 2.01. The topological polar surface area (TPSA) is 42.1 Å². The maximum atomic E-state index is 12.7. The predicted molar refractivity (Wildman–Crippen MR) is 87.4 cm³/mol. The number of rotatable bonds is 3.